The number of H-pyrrole nitrogens is 1. The maximum Gasteiger partial charge on any atom is 0.241 e. The number of rotatable bonds is 2. The van der Waals surface area contributed by atoms with Crippen molar-refractivity contribution in [2.24, 2.45) is 0 Å². The molecule has 94 valence electrons. The predicted octanol–water partition coefficient (Wildman–Crippen LogP) is 1.60. The van der Waals surface area contributed by atoms with Gasteiger partial charge in [-0.3, -0.25) is 9.69 Å². The highest BCUT2D eigenvalue weighted by Gasteiger charge is 2.27. The van der Waals surface area contributed by atoms with Crippen LogP contribution >= 0.6 is 0 Å². The number of aromatic amines is 1. The number of nitrogens with one attached hydrogen (secondary N) is 2. The first-order valence-corrected chi connectivity index (χ1v) is 6.18. The molecule has 1 aliphatic rings. The van der Waals surface area contributed by atoms with Crippen LogP contribution in [0.25, 0.3) is 11.0 Å². The molecule has 5 heteroatoms. The number of carbonyl (C=O) groups excluding carboxylic acids is 1. The average Bonchev–Trinajstić information content (AvgIpc) is 2.96. The van der Waals surface area contributed by atoms with Gasteiger partial charge < -0.3 is 10.3 Å². The Labute approximate surface area is 105 Å². The molecule has 0 radical (unpaired) electrons. The van der Waals surface area contributed by atoms with Gasteiger partial charge in [-0.05, 0) is 44.6 Å². The molecule has 2 aromatic rings. The van der Waals surface area contributed by atoms with Gasteiger partial charge in [0.15, 0.2) is 0 Å². The summed E-state index contributed by atoms with van der Waals surface area (Å²) in [6, 6.07) is 5.70. The van der Waals surface area contributed by atoms with Gasteiger partial charge in [-0.2, -0.15) is 0 Å². The van der Waals surface area contributed by atoms with Crippen molar-refractivity contribution in [3.63, 3.8) is 0 Å². The van der Waals surface area contributed by atoms with Gasteiger partial charge in [0.25, 0.3) is 0 Å². The van der Waals surface area contributed by atoms with Crippen molar-refractivity contribution in [2.45, 2.75) is 18.9 Å². The first-order valence-electron chi connectivity index (χ1n) is 6.18. The lowest BCUT2D eigenvalue weighted by molar-refractivity contribution is -0.119. The first-order chi connectivity index (χ1) is 8.74. The lowest BCUT2D eigenvalue weighted by Gasteiger charge is -2.18. The van der Waals surface area contributed by atoms with Gasteiger partial charge in [-0.1, -0.05) is 0 Å². The standard InChI is InChI=1S/C13H16N4O/c1-17-6-2-3-12(17)13(18)16-9-4-5-10-11(7-9)15-8-14-10/h4-5,7-8,12H,2-3,6H2,1H3,(H,14,15)(H,16,18)/t12-/m0/s1. The summed E-state index contributed by atoms with van der Waals surface area (Å²) in [5, 5.41) is 2.97. The minimum Gasteiger partial charge on any atom is -0.345 e. The van der Waals surface area contributed by atoms with Crippen LogP contribution in [0.4, 0.5) is 5.69 Å². The van der Waals surface area contributed by atoms with E-state index in [0.29, 0.717) is 0 Å². The number of hydrogen-bond donors (Lipinski definition) is 2. The molecule has 1 aliphatic heterocycles. The molecule has 3 rings (SSSR count). The molecular formula is C13H16N4O. The summed E-state index contributed by atoms with van der Waals surface area (Å²) < 4.78 is 0. The summed E-state index contributed by atoms with van der Waals surface area (Å²) in [7, 11) is 2.00. The molecule has 2 N–H and O–H groups in total. The number of hydrogen-bond acceptors (Lipinski definition) is 3. The summed E-state index contributed by atoms with van der Waals surface area (Å²) in [5.74, 6) is 0.0777. The Hall–Kier alpha value is -1.88. The van der Waals surface area contributed by atoms with E-state index in [1.807, 2.05) is 25.2 Å². The van der Waals surface area contributed by atoms with Crippen LogP contribution < -0.4 is 5.32 Å². The van der Waals surface area contributed by atoms with E-state index in [4.69, 9.17) is 0 Å². The molecule has 1 atom stereocenters. The number of anilines is 1. The number of likely N-dealkylation sites (N-methyl/N-ethyl adjacent to an activating group) is 1. The van der Waals surface area contributed by atoms with E-state index in [0.717, 1.165) is 36.1 Å². The second-order valence-electron chi connectivity index (χ2n) is 4.76. The Kier molecular flexibility index (Phi) is 2.76. The molecule has 0 bridgehead atoms. The van der Waals surface area contributed by atoms with E-state index in [1.54, 1.807) is 6.33 Å². The quantitative estimate of drug-likeness (QED) is 0.843. The summed E-state index contributed by atoms with van der Waals surface area (Å²) in [4.78, 5) is 21.4. The zero-order valence-electron chi connectivity index (χ0n) is 10.3. The largest absolute Gasteiger partial charge is 0.345 e. The predicted molar refractivity (Wildman–Crippen MR) is 70.4 cm³/mol. The molecule has 0 spiro atoms. The third kappa shape index (κ3) is 1.97. The third-order valence-electron chi connectivity index (χ3n) is 3.51. The molecule has 1 saturated heterocycles. The van der Waals surface area contributed by atoms with Crippen LogP contribution in [0.3, 0.4) is 0 Å². The van der Waals surface area contributed by atoms with E-state index in [9.17, 15) is 4.79 Å². The lowest BCUT2D eigenvalue weighted by atomic mass is 10.2. The van der Waals surface area contributed by atoms with Gasteiger partial charge in [0.05, 0.1) is 23.4 Å². The van der Waals surface area contributed by atoms with Crippen molar-refractivity contribution in [1.29, 1.82) is 0 Å². The van der Waals surface area contributed by atoms with Crippen molar-refractivity contribution in [3.8, 4) is 0 Å². The van der Waals surface area contributed by atoms with Crippen molar-refractivity contribution in [1.82, 2.24) is 14.9 Å². The van der Waals surface area contributed by atoms with Gasteiger partial charge >= 0.3 is 0 Å². The maximum atomic E-state index is 12.1. The number of benzene rings is 1. The number of aromatic nitrogens is 2. The van der Waals surface area contributed by atoms with Gasteiger partial charge in [0.1, 0.15) is 0 Å². The van der Waals surface area contributed by atoms with E-state index in [2.05, 4.69) is 20.2 Å². The molecule has 0 aliphatic carbocycles. The van der Waals surface area contributed by atoms with E-state index in [-0.39, 0.29) is 11.9 Å². The molecule has 1 aromatic heterocycles. The Morgan fingerprint density at radius 3 is 3.22 bits per heavy atom. The van der Waals surface area contributed by atoms with Crippen LogP contribution in [0.1, 0.15) is 12.8 Å². The fourth-order valence-corrected chi connectivity index (χ4v) is 2.48. The smallest absolute Gasteiger partial charge is 0.241 e. The van der Waals surface area contributed by atoms with E-state index < -0.39 is 0 Å². The highest BCUT2D eigenvalue weighted by atomic mass is 16.2. The Balaban J connectivity index is 1.77. The van der Waals surface area contributed by atoms with Crippen LogP contribution in [0.5, 0.6) is 0 Å². The van der Waals surface area contributed by atoms with E-state index >= 15 is 0 Å². The normalized spacial score (nSPS) is 20.4. The summed E-state index contributed by atoms with van der Waals surface area (Å²) in [6.45, 7) is 0.998. The molecule has 5 nitrogen and oxygen atoms in total. The van der Waals surface area contributed by atoms with E-state index in [1.165, 1.54) is 0 Å². The average molecular weight is 244 g/mol. The third-order valence-corrected chi connectivity index (χ3v) is 3.51. The van der Waals surface area contributed by atoms with Crippen molar-refractivity contribution in [3.05, 3.63) is 24.5 Å². The zero-order chi connectivity index (χ0) is 12.5. The summed E-state index contributed by atoms with van der Waals surface area (Å²) in [5.41, 5.74) is 2.66. The summed E-state index contributed by atoms with van der Waals surface area (Å²) in [6.07, 6.45) is 3.68. The highest BCUT2D eigenvalue weighted by molar-refractivity contribution is 5.96. The first kappa shape index (κ1) is 11.2. The molecule has 18 heavy (non-hydrogen) atoms. The Bertz CT molecular complexity index is 577. The second kappa shape index (κ2) is 4.42. The molecule has 1 aromatic carbocycles. The van der Waals surface area contributed by atoms with Crippen LogP contribution in [0.15, 0.2) is 24.5 Å². The SMILES string of the molecule is CN1CCC[C@H]1C(=O)Nc1ccc2nc[nH]c2c1. The Morgan fingerprint density at radius 1 is 1.56 bits per heavy atom. The van der Waals surface area contributed by atoms with Gasteiger partial charge in [-0.15, -0.1) is 0 Å². The minimum absolute atomic E-state index is 0.00228. The summed E-state index contributed by atoms with van der Waals surface area (Å²) >= 11 is 0. The highest BCUT2D eigenvalue weighted by Crippen LogP contribution is 2.19. The van der Waals surface area contributed by atoms with Crippen molar-refractivity contribution >= 4 is 22.6 Å². The van der Waals surface area contributed by atoms with Gasteiger partial charge in [0, 0.05) is 5.69 Å². The Morgan fingerprint density at radius 2 is 2.44 bits per heavy atom. The maximum absolute atomic E-state index is 12.1. The molecule has 1 fully saturated rings. The topological polar surface area (TPSA) is 61.0 Å². The fourth-order valence-electron chi connectivity index (χ4n) is 2.48. The number of carbonyl (C=O) groups is 1. The van der Waals surface area contributed by atoms with Crippen LogP contribution in [0.2, 0.25) is 0 Å². The number of amides is 1. The number of imidazole rings is 1. The molecule has 0 saturated carbocycles. The zero-order valence-corrected chi connectivity index (χ0v) is 10.3. The minimum atomic E-state index is 0.00228. The second-order valence-corrected chi connectivity index (χ2v) is 4.76. The lowest BCUT2D eigenvalue weighted by Crippen LogP contribution is -2.37. The van der Waals surface area contributed by atoms with Crippen molar-refractivity contribution in [2.75, 3.05) is 18.9 Å². The molecular weight excluding hydrogens is 228 g/mol. The number of fused-ring (bicyclic) bond motifs is 1. The molecule has 1 amide bonds. The van der Waals surface area contributed by atoms with Crippen LogP contribution in [-0.2, 0) is 4.79 Å². The number of likely N-dealkylation sites (tertiary alicyclic amines) is 1. The molecule has 0 unspecified atom stereocenters. The van der Waals surface area contributed by atoms with Gasteiger partial charge in [0.2, 0.25) is 5.91 Å². The monoisotopic (exact) mass is 244 g/mol. The van der Waals surface area contributed by atoms with Crippen LogP contribution in [0, 0.1) is 0 Å². The van der Waals surface area contributed by atoms with Crippen LogP contribution in [-0.4, -0.2) is 40.4 Å². The van der Waals surface area contributed by atoms with Gasteiger partial charge in [-0.25, -0.2) is 4.98 Å². The fraction of sp³-hybridized carbons (Fsp3) is 0.385. The van der Waals surface area contributed by atoms with Crippen molar-refractivity contribution < 1.29 is 4.79 Å². The molecule has 2 heterocycles. The number of nitrogens with zero attached hydrogens (tertiary/aromatic N) is 2.